The molecule has 8 heteroatoms. The number of H-pyrrole nitrogens is 1. The minimum Gasteiger partial charge on any atom is -0.360 e. The maximum Gasteiger partial charge on any atom is 0.244 e. The standard InChI is InChI=1S/C23H25FN4O2S/c24-18-4-6-20-21(16-25-22(20)14-18)17-8-12-27(13-9-17)23-7-5-19(15-26-23)31(29,30)28-10-2-1-3-11-28/h4-8,14-16,25H,1-3,9-13H2. The van der Waals surface area contributed by atoms with Crippen LogP contribution in [0.4, 0.5) is 10.2 Å². The van der Waals surface area contributed by atoms with E-state index in [9.17, 15) is 12.8 Å². The number of hydrogen-bond acceptors (Lipinski definition) is 4. The van der Waals surface area contributed by atoms with Crippen LogP contribution in [0.5, 0.6) is 0 Å². The van der Waals surface area contributed by atoms with Crippen LogP contribution in [0.15, 0.2) is 53.7 Å². The van der Waals surface area contributed by atoms with Crippen LogP contribution in [-0.4, -0.2) is 48.9 Å². The number of nitrogens with one attached hydrogen (secondary N) is 1. The van der Waals surface area contributed by atoms with Crippen molar-refractivity contribution < 1.29 is 12.8 Å². The Kier molecular flexibility index (Phi) is 5.27. The van der Waals surface area contributed by atoms with Gasteiger partial charge < -0.3 is 9.88 Å². The second-order valence-electron chi connectivity index (χ2n) is 8.13. The van der Waals surface area contributed by atoms with Crippen molar-refractivity contribution >= 4 is 32.3 Å². The molecule has 1 aromatic carbocycles. The van der Waals surface area contributed by atoms with Gasteiger partial charge >= 0.3 is 0 Å². The van der Waals surface area contributed by atoms with Crippen molar-refractivity contribution in [1.29, 1.82) is 0 Å². The molecule has 1 fully saturated rings. The quantitative estimate of drug-likeness (QED) is 0.661. The van der Waals surface area contributed by atoms with Crippen molar-refractivity contribution in [2.24, 2.45) is 0 Å². The number of fused-ring (bicyclic) bond motifs is 1. The van der Waals surface area contributed by atoms with Crippen LogP contribution >= 0.6 is 0 Å². The minimum absolute atomic E-state index is 0.249. The number of sulfonamides is 1. The predicted molar refractivity (Wildman–Crippen MR) is 120 cm³/mol. The molecule has 2 aromatic heterocycles. The van der Waals surface area contributed by atoms with E-state index in [4.69, 9.17) is 0 Å². The highest BCUT2D eigenvalue weighted by atomic mass is 32.2. The Morgan fingerprint density at radius 1 is 1.03 bits per heavy atom. The van der Waals surface area contributed by atoms with Crippen molar-refractivity contribution in [2.75, 3.05) is 31.1 Å². The number of rotatable bonds is 4. The molecule has 0 bridgehead atoms. The molecule has 31 heavy (non-hydrogen) atoms. The van der Waals surface area contributed by atoms with Gasteiger partial charge in [0.2, 0.25) is 10.0 Å². The molecule has 0 unspecified atom stereocenters. The lowest BCUT2D eigenvalue weighted by atomic mass is 9.99. The lowest BCUT2D eigenvalue weighted by molar-refractivity contribution is 0.346. The Labute approximate surface area is 181 Å². The molecule has 2 aliphatic rings. The first-order valence-corrected chi connectivity index (χ1v) is 12.1. The maximum atomic E-state index is 13.4. The topological polar surface area (TPSA) is 69.3 Å². The second kappa shape index (κ2) is 8.09. The molecule has 0 radical (unpaired) electrons. The zero-order valence-electron chi connectivity index (χ0n) is 17.2. The summed E-state index contributed by atoms with van der Waals surface area (Å²) in [6.07, 6.45) is 9.33. The predicted octanol–water partition coefficient (Wildman–Crippen LogP) is 4.17. The van der Waals surface area contributed by atoms with Crippen molar-refractivity contribution in [3.63, 3.8) is 0 Å². The molecule has 0 saturated carbocycles. The van der Waals surface area contributed by atoms with Gasteiger partial charge in [-0.3, -0.25) is 0 Å². The fraction of sp³-hybridized carbons (Fsp3) is 0.348. The number of aromatic nitrogens is 2. The number of benzene rings is 1. The van der Waals surface area contributed by atoms with Crippen LogP contribution in [0.1, 0.15) is 31.2 Å². The normalized spacial score (nSPS) is 18.4. The third-order valence-electron chi connectivity index (χ3n) is 6.20. The van der Waals surface area contributed by atoms with Crippen LogP contribution in [0, 0.1) is 5.82 Å². The molecule has 0 aliphatic carbocycles. The average molecular weight is 441 g/mol. The maximum absolute atomic E-state index is 13.4. The van der Waals surface area contributed by atoms with Crippen molar-refractivity contribution in [3.8, 4) is 0 Å². The number of anilines is 1. The van der Waals surface area contributed by atoms with Crippen LogP contribution < -0.4 is 4.90 Å². The van der Waals surface area contributed by atoms with Gasteiger partial charge in [-0.15, -0.1) is 0 Å². The van der Waals surface area contributed by atoms with Gasteiger partial charge in [-0.1, -0.05) is 12.5 Å². The number of aromatic amines is 1. The van der Waals surface area contributed by atoms with Crippen LogP contribution in [0.2, 0.25) is 0 Å². The lowest BCUT2D eigenvalue weighted by Crippen LogP contribution is -2.35. The summed E-state index contributed by atoms with van der Waals surface area (Å²) < 4.78 is 40.6. The summed E-state index contributed by atoms with van der Waals surface area (Å²) in [4.78, 5) is 10.00. The highest BCUT2D eigenvalue weighted by molar-refractivity contribution is 7.89. The van der Waals surface area contributed by atoms with Gasteiger partial charge in [-0.05, 0) is 55.2 Å². The fourth-order valence-corrected chi connectivity index (χ4v) is 5.92. The van der Waals surface area contributed by atoms with Gasteiger partial charge in [0.25, 0.3) is 0 Å². The van der Waals surface area contributed by atoms with Gasteiger partial charge in [0.05, 0.1) is 0 Å². The first-order valence-electron chi connectivity index (χ1n) is 10.7. The zero-order valence-corrected chi connectivity index (χ0v) is 18.0. The minimum atomic E-state index is -3.46. The van der Waals surface area contributed by atoms with E-state index in [1.54, 1.807) is 16.4 Å². The largest absolute Gasteiger partial charge is 0.360 e. The van der Waals surface area contributed by atoms with Crippen LogP contribution in [0.3, 0.4) is 0 Å². The lowest BCUT2D eigenvalue weighted by Gasteiger charge is -2.28. The van der Waals surface area contributed by atoms with Gasteiger partial charge in [0.1, 0.15) is 16.5 Å². The van der Waals surface area contributed by atoms with Gasteiger partial charge in [0, 0.05) is 55.0 Å². The van der Waals surface area contributed by atoms with Gasteiger partial charge in [-0.2, -0.15) is 4.31 Å². The molecule has 1 saturated heterocycles. The molecule has 4 heterocycles. The molecule has 162 valence electrons. The summed E-state index contributed by atoms with van der Waals surface area (Å²) >= 11 is 0. The number of piperidine rings is 1. The highest BCUT2D eigenvalue weighted by Crippen LogP contribution is 2.31. The molecule has 3 aromatic rings. The molecular weight excluding hydrogens is 415 g/mol. The van der Waals surface area contributed by atoms with E-state index >= 15 is 0 Å². The molecule has 6 nitrogen and oxygen atoms in total. The van der Waals surface area contributed by atoms with Gasteiger partial charge in [-0.25, -0.2) is 17.8 Å². The van der Waals surface area contributed by atoms with E-state index in [0.717, 1.165) is 54.5 Å². The fourth-order valence-electron chi connectivity index (χ4n) is 4.45. The second-order valence-corrected chi connectivity index (χ2v) is 10.1. The van der Waals surface area contributed by atoms with E-state index < -0.39 is 10.0 Å². The van der Waals surface area contributed by atoms with Crippen molar-refractivity contribution in [2.45, 2.75) is 30.6 Å². The molecule has 1 N–H and O–H groups in total. The monoisotopic (exact) mass is 440 g/mol. The number of halogens is 1. The summed E-state index contributed by atoms with van der Waals surface area (Å²) in [6.45, 7) is 2.65. The third-order valence-corrected chi connectivity index (χ3v) is 8.08. The molecule has 0 spiro atoms. The van der Waals surface area contributed by atoms with Crippen LogP contribution in [0.25, 0.3) is 16.5 Å². The molecule has 0 atom stereocenters. The van der Waals surface area contributed by atoms with E-state index in [1.807, 2.05) is 12.3 Å². The summed E-state index contributed by atoms with van der Waals surface area (Å²) in [5, 5.41) is 1.02. The Balaban J connectivity index is 1.31. The Bertz CT molecular complexity index is 1230. The Morgan fingerprint density at radius 2 is 1.87 bits per heavy atom. The van der Waals surface area contributed by atoms with E-state index in [-0.39, 0.29) is 10.7 Å². The van der Waals surface area contributed by atoms with E-state index in [0.29, 0.717) is 19.6 Å². The molecular formula is C23H25FN4O2S. The summed E-state index contributed by atoms with van der Waals surface area (Å²) in [5.74, 6) is 0.524. The molecule has 0 amide bonds. The summed E-state index contributed by atoms with van der Waals surface area (Å²) in [7, 11) is -3.46. The van der Waals surface area contributed by atoms with Crippen molar-refractivity contribution in [3.05, 3.63) is 60.2 Å². The first-order chi connectivity index (χ1) is 15.0. The number of hydrogen-bond donors (Lipinski definition) is 1. The van der Waals surface area contributed by atoms with E-state index in [1.165, 1.54) is 23.9 Å². The third kappa shape index (κ3) is 3.85. The van der Waals surface area contributed by atoms with E-state index in [2.05, 4.69) is 20.9 Å². The SMILES string of the molecule is O=S(=O)(c1ccc(N2CC=C(c3c[nH]c4cc(F)ccc34)CC2)nc1)N1CCCCC1. The molecule has 5 rings (SSSR count). The highest BCUT2D eigenvalue weighted by Gasteiger charge is 2.26. The van der Waals surface area contributed by atoms with Crippen molar-refractivity contribution in [1.82, 2.24) is 14.3 Å². The smallest absolute Gasteiger partial charge is 0.244 e. The van der Waals surface area contributed by atoms with Crippen LogP contribution in [-0.2, 0) is 10.0 Å². The summed E-state index contributed by atoms with van der Waals surface area (Å²) in [5.41, 5.74) is 3.12. The average Bonchev–Trinajstić information content (AvgIpc) is 3.23. The number of pyridine rings is 1. The summed E-state index contributed by atoms with van der Waals surface area (Å²) in [6, 6.07) is 8.27. The zero-order chi connectivity index (χ0) is 21.4. The molecule has 2 aliphatic heterocycles. The first kappa shape index (κ1) is 20.2. The number of nitrogens with zero attached hydrogens (tertiary/aromatic N) is 3. The Hall–Kier alpha value is -2.71. The van der Waals surface area contributed by atoms with Gasteiger partial charge in [0.15, 0.2) is 0 Å². The Morgan fingerprint density at radius 3 is 2.58 bits per heavy atom.